The normalized spacial score (nSPS) is 11.3. The predicted octanol–water partition coefficient (Wildman–Crippen LogP) is 4.32. The van der Waals surface area contributed by atoms with Crippen LogP contribution in [0, 0.1) is 13.8 Å². The Hall–Kier alpha value is -2.86. The number of hydrogen-bond donors (Lipinski definition) is 0. The smallest absolute Gasteiger partial charge is 0.206 e. The van der Waals surface area contributed by atoms with Crippen LogP contribution in [0.5, 0.6) is 5.75 Å². The summed E-state index contributed by atoms with van der Waals surface area (Å²) in [4.78, 5) is 12.3. The van der Waals surface area contributed by atoms with E-state index in [9.17, 15) is 4.79 Å². The van der Waals surface area contributed by atoms with Gasteiger partial charge < -0.3 is 4.74 Å². The number of carbonyl (C=O) groups excluding carboxylic acids is 1. The van der Waals surface area contributed by atoms with Crippen molar-refractivity contribution in [1.82, 2.24) is 19.6 Å². The largest absolute Gasteiger partial charge is 0.496 e. The molecule has 0 unspecified atom stereocenters. The lowest BCUT2D eigenvalue weighted by Crippen LogP contribution is -2.06. The van der Waals surface area contributed by atoms with Gasteiger partial charge in [0, 0.05) is 18.3 Å². The van der Waals surface area contributed by atoms with Crippen LogP contribution in [0.2, 0.25) is 5.02 Å². The molecule has 0 N–H and O–H groups in total. The lowest BCUT2D eigenvalue weighted by Gasteiger charge is -2.11. The van der Waals surface area contributed by atoms with Crippen molar-refractivity contribution in [2.45, 2.75) is 33.9 Å². The molecule has 7 heteroatoms. The van der Waals surface area contributed by atoms with E-state index < -0.39 is 0 Å². The fraction of sp³-hybridized carbons (Fsp3) is 0.286. The van der Waals surface area contributed by atoms with Crippen LogP contribution >= 0.6 is 11.6 Å². The van der Waals surface area contributed by atoms with Crippen molar-refractivity contribution < 1.29 is 9.53 Å². The van der Waals surface area contributed by atoms with E-state index in [-0.39, 0.29) is 5.78 Å². The molecule has 2 heterocycles. The number of benzene rings is 1. The number of methoxy groups -OCH3 is 1. The number of aromatic nitrogens is 4. The third-order valence-corrected chi connectivity index (χ3v) is 5.11. The van der Waals surface area contributed by atoms with E-state index in [0.29, 0.717) is 17.3 Å². The molecule has 3 aromatic rings. The molecule has 0 radical (unpaired) electrons. The maximum Gasteiger partial charge on any atom is 0.206 e. The summed E-state index contributed by atoms with van der Waals surface area (Å²) in [5.74, 6) is 0.628. The second-order valence-corrected chi connectivity index (χ2v) is 6.85. The van der Waals surface area contributed by atoms with Gasteiger partial charge in [-0.15, -0.1) is 0 Å². The molecule has 0 saturated heterocycles. The summed E-state index contributed by atoms with van der Waals surface area (Å²) in [6, 6.07) is 7.50. The van der Waals surface area contributed by atoms with Crippen LogP contribution in [0.1, 0.15) is 39.9 Å². The van der Waals surface area contributed by atoms with Crippen LogP contribution in [0.3, 0.4) is 0 Å². The van der Waals surface area contributed by atoms with Crippen LogP contribution in [0.25, 0.3) is 6.08 Å². The molecular formula is C21H23ClN4O2. The third kappa shape index (κ3) is 4.17. The average Bonchev–Trinajstić information content (AvgIpc) is 3.27. The maximum atomic E-state index is 12.3. The number of allylic oxidation sites excluding steroid dienone is 1. The zero-order valence-electron chi connectivity index (χ0n) is 16.4. The molecule has 146 valence electrons. The molecule has 0 bridgehead atoms. The molecule has 28 heavy (non-hydrogen) atoms. The summed E-state index contributed by atoms with van der Waals surface area (Å²) in [5, 5.41) is 9.39. The topological polar surface area (TPSA) is 61.9 Å². The first kappa shape index (κ1) is 19.9. The highest BCUT2D eigenvalue weighted by Gasteiger charge is 2.12. The molecule has 0 saturated carbocycles. The number of aryl methyl sites for hydroxylation is 2. The minimum absolute atomic E-state index is 0.130. The highest BCUT2D eigenvalue weighted by molar-refractivity contribution is 6.31. The molecule has 0 fully saturated rings. The summed E-state index contributed by atoms with van der Waals surface area (Å²) in [5.41, 5.74) is 3.99. The van der Waals surface area contributed by atoms with Crippen molar-refractivity contribution in [3.05, 3.63) is 69.8 Å². The highest BCUT2D eigenvalue weighted by atomic mass is 35.5. The SMILES string of the molecule is CCn1ccc(C(=O)/C=C/c2ccc(OC)c(Cn3nc(C)c(Cl)c3C)c2)n1. The number of halogens is 1. The fourth-order valence-electron chi connectivity index (χ4n) is 2.94. The van der Waals surface area contributed by atoms with Gasteiger partial charge in [0.2, 0.25) is 5.78 Å². The Balaban J connectivity index is 1.83. The van der Waals surface area contributed by atoms with E-state index in [1.165, 1.54) is 6.08 Å². The molecule has 3 rings (SSSR count). The summed E-state index contributed by atoms with van der Waals surface area (Å²) < 4.78 is 9.06. The summed E-state index contributed by atoms with van der Waals surface area (Å²) in [6.07, 6.45) is 5.12. The van der Waals surface area contributed by atoms with Gasteiger partial charge >= 0.3 is 0 Å². The number of nitrogens with zero attached hydrogens (tertiary/aromatic N) is 4. The van der Waals surface area contributed by atoms with Crippen molar-refractivity contribution in [2.75, 3.05) is 7.11 Å². The van der Waals surface area contributed by atoms with Gasteiger partial charge in [-0.2, -0.15) is 10.2 Å². The number of rotatable bonds is 7. The van der Waals surface area contributed by atoms with Crippen molar-refractivity contribution in [3.8, 4) is 5.75 Å². The first-order valence-electron chi connectivity index (χ1n) is 9.05. The Labute approximate surface area is 169 Å². The molecule has 1 aromatic carbocycles. The lowest BCUT2D eigenvalue weighted by atomic mass is 10.1. The lowest BCUT2D eigenvalue weighted by molar-refractivity contribution is 0.104. The second kappa shape index (κ2) is 8.44. The Bertz CT molecular complexity index is 1030. The number of carbonyl (C=O) groups is 1. The molecule has 0 atom stereocenters. The van der Waals surface area contributed by atoms with E-state index in [2.05, 4.69) is 10.2 Å². The monoisotopic (exact) mass is 398 g/mol. The predicted molar refractivity (Wildman–Crippen MR) is 110 cm³/mol. The Morgan fingerprint density at radius 3 is 2.64 bits per heavy atom. The quantitative estimate of drug-likeness (QED) is 0.439. The van der Waals surface area contributed by atoms with Gasteiger partial charge in [-0.1, -0.05) is 23.7 Å². The highest BCUT2D eigenvalue weighted by Crippen LogP contribution is 2.25. The maximum absolute atomic E-state index is 12.3. The van der Waals surface area contributed by atoms with Crippen molar-refractivity contribution in [3.63, 3.8) is 0 Å². The Kier molecular flexibility index (Phi) is 5.99. The minimum Gasteiger partial charge on any atom is -0.496 e. The van der Waals surface area contributed by atoms with E-state index in [4.69, 9.17) is 16.3 Å². The average molecular weight is 399 g/mol. The van der Waals surface area contributed by atoms with Gasteiger partial charge in [-0.05, 0) is 50.6 Å². The zero-order valence-corrected chi connectivity index (χ0v) is 17.2. The molecule has 0 aliphatic heterocycles. The van der Waals surface area contributed by atoms with Crippen molar-refractivity contribution in [1.29, 1.82) is 0 Å². The van der Waals surface area contributed by atoms with E-state index in [1.54, 1.807) is 30.1 Å². The van der Waals surface area contributed by atoms with Crippen LogP contribution in [-0.4, -0.2) is 32.5 Å². The Morgan fingerprint density at radius 2 is 2.04 bits per heavy atom. The molecule has 0 aliphatic carbocycles. The second-order valence-electron chi connectivity index (χ2n) is 6.47. The van der Waals surface area contributed by atoms with Gasteiger partial charge in [0.15, 0.2) is 0 Å². The standard InChI is InChI=1S/C21H23ClN4O2/c1-5-25-11-10-18(24-25)19(27)8-6-16-7-9-20(28-4)17(12-16)13-26-15(3)21(22)14(2)23-26/h6-12H,5,13H2,1-4H3/b8-6+. The van der Waals surface area contributed by atoms with Crippen molar-refractivity contribution >= 4 is 23.5 Å². The number of hydrogen-bond acceptors (Lipinski definition) is 4. The molecule has 0 aliphatic rings. The third-order valence-electron chi connectivity index (χ3n) is 4.56. The van der Waals surface area contributed by atoms with E-state index in [0.717, 1.165) is 34.8 Å². The Morgan fingerprint density at radius 1 is 1.25 bits per heavy atom. The fourth-order valence-corrected chi connectivity index (χ4v) is 3.08. The van der Waals surface area contributed by atoms with Gasteiger partial charge in [0.05, 0.1) is 30.1 Å². The molecule has 0 spiro atoms. The molecule has 2 aromatic heterocycles. The van der Waals surface area contributed by atoms with E-state index in [1.807, 2.05) is 43.7 Å². The summed E-state index contributed by atoms with van der Waals surface area (Å²) in [6.45, 7) is 7.06. The first-order valence-corrected chi connectivity index (χ1v) is 9.43. The first-order chi connectivity index (χ1) is 13.4. The number of ether oxygens (including phenoxy) is 1. The van der Waals surface area contributed by atoms with Crippen molar-refractivity contribution in [2.24, 2.45) is 0 Å². The van der Waals surface area contributed by atoms with E-state index >= 15 is 0 Å². The van der Waals surface area contributed by atoms with Gasteiger partial charge in [-0.25, -0.2) is 0 Å². The van der Waals surface area contributed by atoms with Gasteiger partial charge in [0.1, 0.15) is 11.4 Å². The van der Waals surface area contributed by atoms with Gasteiger partial charge in [0.25, 0.3) is 0 Å². The van der Waals surface area contributed by atoms with Crippen LogP contribution in [0.4, 0.5) is 0 Å². The summed E-state index contributed by atoms with van der Waals surface area (Å²) >= 11 is 6.25. The van der Waals surface area contributed by atoms with Crippen LogP contribution in [-0.2, 0) is 13.1 Å². The molecule has 6 nitrogen and oxygen atoms in total. The molecular weight excluding hydrogens is 376 g/mol. The molecule has 0 amide bonds. The number of ketones is 1. The van der Waals surface area contributed by atoms with Crippen LogP contribution < -0.4 is 4.74 Å². The van der Waals surface area contributed by atoms with Gasteiger partial charge in [-0.3, -0.25) is 14.2 Å². The summed E-state index contributed by atoms with van der Waals surface area (Å²) in [7, 11) is 1.64. The van der Waals surface area contributed by atoms with Crippen LogP contribution in [0.15, 0.2) is 36.5 Å². The minimum atomic E-state index is -0.130. The zero-order chi connectivity index (χ0) is 20.3.